The lowest BCUT2D eigenvalue weighted by atomic mass is 10.0. The number of carbonyl (C=O) groups is 1. The van der Waals surface area contributed by atoms with Crippen LogP contribution in [0.4, 0.5) is 4.39 Å². The number of fused-ring (bicyclic) bond motifs is 2. The Labute approximate surface area is 182 Å². The van der Waals surface area contributed by atoms with E-state index in [4.69, 9.17) is 14.2 Å². The molecule has 0 spiro atoms. The molecule has 0 bridgehead atoms. The lowest BCUT2D eigenvalue weighted by molar-refractivity contribution is 0.103. The van der Waals surface area contributed by atoms with Gasteiger partial charge in [-0.3, -0.25) is 9.59 Å². The molecule has 7 heteroatoms. The molecule has 160 valence electrons. The maximum Gasteiger partial charge on any atom is 0.231 e. The number of nitrogens with zero attached hydrogens (tertiary/aromatic N) is 1. The Morgan fingerprint density at radius 1 is 1.06 bits per heavy atom. The first-order valence-electron chi connectivity index (χ1n) is 9.94. The maximum atomic E-state index is 13.3. The first-order chi connectivity index (χ1) is 15.5. The van der Waals surface area contributed by atoms with E-state index < -0.39 is 17.0 Å². The third-order valence-electron chi connectivity index (χ3n) is 5.46. The molecule has 0 N–H and O–H groups in total. The summed E-state index contributed by atoms with van der Waals surface area (Å²) in [5.74, 6) is 0.726. The second-order valence-corrected chi connectivity index (χ2v) is 7.37. The number of carbonyl (C=O) groups excluding carboxylic acids is 1. The van der Waals surface area contributed by atoms with Gasteiger partial charge >= 0.3 is 0 Å². The van der Waals surface area contributed by atoms with E-state index in [0.29, 0.717) is 34.7 Å². The first kappa shape index (κ1) is 19.8. The average molecular weight is 431 g/mol. The van der Waals surface area contributed by atoms with Crippen LogP contribution in [0.15, 0.2) is 71.7 Å². The Balaban J connectivity index is 1.72. The summed E-state index contributed by atoms with van der Waals surface area (Å²) in [6.45, 7) is 0.415. The van der Waals surface area contributed by atoms with Gasteiger partial charge < -0.3 is 18.8 Å². The first-order valence-corrected chi connectivity index (χ1v) is 9.94. The highest BCUT2D eigenvalue weighted by atomic mass is 19.1. The summed E-state index contributed by atoms with van der Waals surface area (Å²) < 4.78 is 31.5. The number of methoxy groups -OCH3 is 1. The summed E-state index contributed by atoms with van der Waals surface area (Å²) in [4.78, 5) is 26.5. The molecule has 0 saturated heterocycles. The average Bonchev–Trinajstić information content (AvgIpc) is 3.28. The van der Waals surface area contributed by atoms with E-state index in [1.54, 1.807) is 19.2 Å². The number of rotatable bonds is 5. The molecule has 5 rings (SSSR count). The van der Waals surface area contributed by atoms with Gasteiger partial charge in [0.2, 0.25) is 12.2 Å². The molecular formula is C25H18FNO5. The fraction of sp³-hybridized carbons (Fsp3) is 0.120. The lowest BCUT2D eigenvalue weighted by Crippen LogP contribution is -2.20. The van der Waals surface area contributed by atoms with E-state index in [9.17, 15) is 14.0 Å². The summed E-state index contributed by atoms with van der Waals surface area (Å²) in [5.41, 5.74) is 1.26. The highest BCUT2D eigenvalue weighted by Crippen LogP contribution is 2.35. The molecule has 1 aliphatic heterocycles. The van der Waals surface area contributed by atoms with E-state index in [-0.39, 0.29) is 17.9 Å². The fourth-order valence-corrected chi connectivity index (χ4v) is 3.85. The lowest BCUT2D eigenvalue weighted by Gasteiger charge is -2.16. The minimum Gasteiger partial charge on any atom is -0.496 e. The Morgan fingerprint density at radius 2 is 1.78 bits per heavy atom. The van der Waals surface area contributed by atoms with Crippen molar-refractivity contribution in [3.05, 3.63) is 99.6 Å². The Kier molecular flexibility index (Phi) is 4.86. The van der Waals surface area contributed by atoms with Gasteiger partial charge in [0.15, 0.2) is 17.3 Å². The number of ketones is 1. The third-order valence-corrected chi connectivity index (χ3v) is 5.46. The van der Waals surface area contributed by atoms with Gasteiger partial charge in [0.05, 0.1) is 30.1 Å². The summed E-state index contributed by atoms with van der Waals surface area (Å²) in [5, 5.41) is 0.331. The topological polar surface area (TPSA) is 66.8 Å². The molecule has 2 heterocycles. The van der Waals surface area contributed by atoms with E-state index in [2.05, 4.69) is 0 Å². The molecule has 0 aliphatic carbocycles. The van der Waals surface area contributed by atoms with Crippen LogP contribution in [0, 0.1) is 5.82 Å². The summed E-state index contributed by atoms with van der Waals surface area (Å²) in [7, 11) is 1.59. The molecule has 32 heavy (non-hydrogen) atoms. The number of para-hydroxylation sites is 1. The number of pyridine rings is 1. The molecule has 4 aromatic rings. The molecule has 0 amide bonds. The van der Waals surface area contributed by atoms with Crippen LogP contribution in [-0.4, -0.2) is 24.3 Å². The van der Waals surface area contributed by atoms with Crippen molar-refractivity contribution >= 4 is 16.7 Å². The van der Waals surface area contributed by atoms with Gasteiger partial charge in [-0.05, 0) is 36.4 Å². The van der Waals surface area contributed by atoms with Crippen LogP contribution in [0.25, 0.3) is 10.9 Å². The zero-order chi connectivity index (χ0) is 22.2. The number of aromatic nitrogens is 1. The molecule has 6 nitrogen and oxygen atoms in total. The van der Waals surface area contributed by atoms with Crippen LogP contribution < -0.4 is 19.6 Å². The number of hydrogen-bond acceptors (Lipinski definition) is 5. The van der Waals surface area contributed by atoms with E-state index in [0.717, 1.165) is 5.56 Å². The standard InChI is InChI=1S/C25H18FNO5/c1-30-21-5-3-2-4-16(21)12-27-13-19(24(28)15-6-8-17(26)9-7-15)25(29)18-10-22-23(11-20(18)27)32-14-31-22/h2-11,13H,12,14H2,1H3. The fourth-order valence-electron chi connectivity index (χ4n) is 3.85. The highest BCUT2D eigenvalue weighted by molar-refractivity contribution is 6.10. The summed E-state index contributed by atoms with van der Waals surface area (Å²) >= 11 is 0. The quantitative estimate of drug-likeness (QED) is 0.444. The zero-order valence-corrected chi connectivity index (χ0v) is 17.1. The number of hydrogen-bond donors (Lipinski definition) is 0. The number of ether oxygens (including phenoxy) is 3. The monoisotopic (exact) mass is 431 g/mol. The largest absolute Gasteiger partial charge is 0.496 e. The van der Waals surface area contributed by atoms with Gasteiger partial charge in [-0.2, -0.15) is 0 Å². The van der Waals surface area contributed by atoms with Crippen LogP contribution in [0.5, 0.6) is 17.2 Å². The molecule has 1 aliphatic rings. The third kappa shape index (κ3) is 3.37. The van der Waals surface area contributed by atoms with Gasteiger partial charge in [-0.15, -0.1) is 0 Å². The van der Waals surface area contributed by atoms with E-state index in [1.165, 1.54) is 30.5 Å². The van der Waals surface area contributed by atoms with Crippen molar-refractivity contribution in [1.82, 2.24) is 4.57 Å². The number of benzene rings is 3. The normalized spacial score (nSPS) is 12.2. The van der Waals surface area contributed by atoms with Crippen molar-refractivity contribution in [2.45, 2.75) is 6.54 Å². The summed E-state index contributed by atoms with van der Waals surface area (Å²) in [6, 6.07) is 16.0. The van der Waals surface area contributed by atoms with Crippen molar-refractivity contribution in [3.8, 4) is 17.2 Å². The molecule has 3 aromatic carbocycles. The second kappa shape index (κ2) is 7.85. The van der Waals surface area contributed by atoms with Crippen molar-refractivity contribution in [2.75, 3.05) is 13.9 Å². The van der Waals surface area contributed by atoms with E-state index in [1.807, 2.05) is 28.8 Å². The van der Waals surface area contributed by atoms with Gasteiger partial charge in [-0.1, -0.05) is 18.2 Å². The van der Waals surface area contributed by atoms with Gasteiger partial charge in [0, 0.05) is 23.4 Å². The Hall–Kier alpha value is -4.13. The summed E-state index contributed by atoms with van der Waals surface area (Å²) in [6.07, 6.45) is 1.53. The molecule has 0 atom stereocenters. The molecule has 0 saturated carbocycles. The van der Waals surface area contributed by atoms with Gasteiger partial charge in [-0.25, -0.2) is 4.39 Å². The molecule has 0 unspecified atom stereocenters. The highest BCUT2D eigenvalue weighted by Gasteiger charge is 2.22. The van der Waals surface area contributed by atoms with Gasteiger partial charge in [0.25, 0.3) is 0 Å². The van der Waals surface area contributed by atoms with Crippen LogP contribution in [0.2, 0.25) is 0 Å². The number of halogens is 1. The zero-order valence-electron chi connectivity index (χ0n) is 17.1. The molecule has 0 fully saturated rings. The minimum absolute atomic E-state index is 0.0159. The van der Waals surface area contributed by atoms with Crippen molar-refractivity contribution in [2.24, 2.45) is 0 Å². The maximum absolute atomic E-state index is 13.3. The smallest absolute Gasteiger partial charge is 0.231 e. The molecule has 0 radical (unpaired) electrons. The van der Waals surface area contributed by atoms with Crippen molar-refractivity contribution < 1.29 is 23.4 Å². The predicted octanol–water partition coefficient (Wildman–Crippen LogP) is 4.16. The minimum atomic E-state index is -0.483. The van der Waals surface area contributed by atoms with Crippen LogP contribution in [-0.2, 0) is 6.54 Å². The Bertz CT molecular complexity index is 1410. The van der Waals surface area contributed by atoms with Gasteiger partial charge in [0.1, 0.15) is 11.6 Å². The second-order valence-electron chi connectivity index (χ2n) is 7.37. The van der Waals surface area contributed by atoms with Crippen LogP contribution in [0.3, 0.4) is 0 Å². The Morgan fingerprint density at radius 3 is 2.53 bits per heavy atom. The van der Waals surface area contributed by atoms with Crippen LogP contribution >= 0.6 is 0 Å². The van der Waals surface area contributed by atoms with E-state index >= 15 is 0 Å². The predicted molar refractivity (Wildman–Crippen MR) is 116 cm³/mol. The van der Waals surface area contributed by atoms with Crippen LogP contribution in [0.1, 0.15) is 21.5 Å². The molecular weight excluding hydrogens is 413 g/mol. The molecule has 1 aromatic heterocycles. The SMILES string of the molecule is COc1ccccc1Cn1cc(C(=O)c2ccc(F)cc2)c(=O)c2cc3c(cc21)OCO3. The van der Waals surface area contributed by atoms with Crippen molar-refractivity contribution in [3.63, 3.8) is 0 Å². The van der Waals surface area contributed by atoms with Crippen molar-refractivity contribution in [1.29, 1.82) is 0 Å².